The second-order valence-electron chi connectivity index (χ2n) is 8.92. The highest BCUT2D eigenvalue weighted by atomic mass is 16.6. The monoisotopic (exact) mass is 460 g/mol. The quantitative estimate of drug-likeness (QED) is 0.447. The highest BCUT2D eigenvalue weighted by Crippen LogP contribution is 2.30. The molecule has 2 saturated heterocycles. The number of hydroxylamine groups is 1. The summed E-state index contributed by atoms with van der Waals surface area (Å²) in [5.74, 6) is -2.14. The molecule has 0 unspecified atom stereocenters. The molecule has 0 spiro atoms. The Morgan fingerprint density at radius 2 is 1.73 bits per heavy atom. The van der Waals surface area contributed by atoms with Crippen molar-refractivity contribution in [1.82, 2.24) is 15.7 Å². The second-order valence-corrected chi connectivity index (χ2v) is 8.92. The minimum absolute atomic E-state index is 0.0329. The minimum atomic E-state index is -1.73. The molecule has 2 heterocycles. The second kappa shape index (κ2) is 10.4. The largest absolute Gasteiger partial charge is 0.446 e. The van der Waals surface area contributed by atoms with Gasteiger partial charge in [-0.25, -0.2) is 10.3 Å². The van der Waals surface area contributed by atoms with Gasteiger partial charge in [-0.15, -0.1) is 0 Å². The van der Waals surface area contributed by atoms with Gasteiger partial charge in [0, 0.05) is 31.9 Å². The van der Waals surface area contributed by atoms with Crippen molar-refractivity contribution in [3.8, 4) is 0 Å². The molecule has 10 nitrogen and oxygen atoms in total. The molecule has 3 aliphatic rings. The Bertz CT molecular complexity index is 839. The topological polar surface area (TPSA) is 120 Å². The summed E-state index contributed by atoms with van der Waals surface area (Å²) >= 11 is 0. The maximum atomic E-state index is 13.4. The number of amides is 3. The fourth-order valence-corrected chi connectivity index (χ4v) is 4.96. The van der Waals surface area contributed by atoms with Crippen LogP contribution in [-0.4, -0.2) is 79.1 Å². The third-order valence-electron chi connectivity index (χ3n) is 6.88. The summed E-state index contributed by atoms with van der Waals surface area (Å²) < 4.78 is 11.0. The Balaban J connectivity index is 1.42. The van der Waals surface area contributed by atoms with E-state index in [0.717, 1.165) is 37.8 Å². The number of carbonyl (C=O) groups is 3. The summed E-state index contributed by atoms with van der Waals surface area (Å²) in [6, 6.07) is 9.97. The molecule has 1 aromatic carbocycles. The maximum Gasteiger partial charge on any atom is 0.408 e. The van der Waals surface area contributed by atoms with Crippen LogP contribution in [0.15, 0.2) is 30.3 Å². The molecule has 2 aliphatic heterocycles. The van der Waals surface area contributed by atoms with Gasteiger partial charge in [0.25, 0.3) is 5.91 Å². The molecule has 3 N–H and O–H groups in total. The molecule has 2 atom stereocenters. The van der Waals surface area contributed by atoms with Crippen LogP contribution in [0.5, 0.6) is 0 Å². The van der Waals surface area contributed by atoms with Crippen LogP contribution in [0.25, 0.3) is 0 Å². The minimum Gasteiger partial charge on any atom is -0.446 e. The van der Waals surface area contributed by atoms with E-state index in [4.69, 9.17) is 9.47 Å². The van der Waals surface area contributed by atoms with Crippen LogP contribution in [0.2, 0.25) is 0 Å². The van der Waals surface area contributed by atoms with Crippen molar-refractivity contribution < 1.29 is 29.1 Å². The predicted molar refractivity (Wildman–Crippen MR) is 119 cm³/mol. The van der Waals surface area contributed by atoms with E-state index in [1.807, 2.05) is 30.3 Å². The van der Waals surface area contributed by atoms with Gasteiger partial charge in [-0.05, 0) is 37.8 Å². The third kappa shape index (κ3) is 5.06. The van der Waals surface area contributed by atoms with Gasteiger partial charge in [-0.2, -0.15) is 0 Å². The van der Waals surface area contributed by atoms with Gasteiger partial charge in [-0.3, -0.25) is 14.8 Å². The highest BCUT2D eigenvalue weighted by Gasteiger charge is 2.56. The predicted octanol–water partition coefficient (Wildman–Crippen LogP) is 1.28. The van der Waals surface area contributed by atoms with Crippen LogP contribution in [0.4, 0.5) is 10.5 Å². The smallest absolute Gasteiger partial charge is 0.408 e. The normalized spacial score (nSPS) is 26.0. The van der Waals surface area contributed by atoms with Crippen LogP contribution in [0.3, 0.4) is 0 Å². The molecule has 1 aromatic rings. The van der Waals surface area contributed by atoms with Crippen molar-refractivity contribution in [1.29, 1.82) is 0 Å². The lowest BCUT2D eigenvalue weighted by Gasteiger charge is -2.39. The number of nitrogens with zero attached hydrogens (tertiary/aromatic N) is 2. The van der Waals surface area contributed by atoms with Crippen molar-refractivity contribution >= 4 is 23.6 Å². The molecular formula is C23H32N4O6. The standard InChI is InChI=1S/C23H32N4O6/c28-20(27-13-11-26(12-14-27)17-7-3-1-4-8-17)19-15-32-16-23(19,21(29)25-31)24-22(30)33-18-9-5-2-6-10-18/h1,3-4,7-8,18-19,31H,2,5-6,9-16H2,(H,24,30)(H,25,29)/t19-,23+/m0/s1. The maximum absolute atomic E-state index is 13.4. The zero-order chi connectivity index (χ0) is 23.3. The average Bonchev–Trinajstić information content (AvgIpc) is 3.28. The number of anilines is 1. The summed E-state index contributed by atoms with van der Waals surface area (Å²) in [7, 11) is 0. The van der Waals surface area contributed by atoms with Gasteiger partial charge in [0.15, 0.2) is 5.54 Å². The van der Waals surface area contributed by atoms with Crippen molar-refractivity contribution in [3.63, 3.8) is 0 Å². The molecule has 3 amide bonds. The van der Waals surface area contributed by atoms with Gasteiger partial charge >= 0.3 is 6.09 Å². The first-order valence-corrected chi connectivity index (χ1v) is 11.6. The van der Waals surface area contributed by atoms with Gasteiger partial charge in [0.2, 0.25) is 5.91 Å². The number of piperazine rings is 1. The van der Waals surface area contributed by atoms with E-state index in [1.165, 1.54) is 0 Å². The zero-order valence-electron chi connectivity index (χ0n) is 18.7. The van der Waals surface area contributed by atoms with Crippen LogP contribution in [0, 0.1) is 5.92 Å². The number of ether oxygens (including phenoxy) is 2. The molecule has 0 radical (unpaired) electrons. The Morgan fingerprint density at radius 3 is 2.39 bits per heavy atom. The number of rotatable bonds is 5. The summed E-state index contributed by atoms with van der Waals surface area (Å²) in [5.41, 5.74) is 0.969. The summed E-state index contributed by atoms with van der Waals surface area (Å²) in [4.78, 5) is 42.7. The number of benzene rings is 1. The van der Waals surface area contributed by atoms with Crippen molar-refractivity contribution in [2.24, 2.45) is 5.92 Å². The molecule has 1 aliphatic carbocycles. The van der Waals surface area contributed by atoms with Crippen molar-refractivity contribution in [2.75, 3.05) is 44.3 Å². The van der Waals surface area contributed by atoms with Gasteiger partial charge < -0.3 is 24.6 Å². The first-order valence-electron chi connectivity index (χ1n) is 11.6. The van der Waals surface area contributed by atoms with E-state index in [0.29, 0.717) is 26.2 Å². The molecule has 0 bridgehead atoms. The molecule has 10 heteroatoms. The Labute approximate surface area is 193 Å². The first-order chi connectivity index (χ1) is 16.0. The van der Waals surface area contributed by atoms with Crippen LogP contribution >= 0.6 is 0 Å². The third-order valence-corrected chi connectivity index (χ3v) is 6.88. The number of hydrogen-bond acceptors (Lipinski definition) is 7. The fourth-order valence-electron chi connectivity index (χ4n) is 4.96. The van der Waals surface area contributed by atoms with E-state index < -0.39 is 23.5 Å². The lowest BCUT2D eigenvalue weighted by molar-refractivity contribution is -0.146. The molecule has 0 aromatic heterocycles. The lowest BCUT2D eigenvalue weighted by atomic mass is 9.85. The number of nitrogens with one attached hydrogen (secondary N) is 2. The van der Waals surface area contributed by atoms with E-state index in [9.17, 15) is 19.6 Å². The van der Waals surface area contributed by atoms with Gasteiger partial charge in [0.05, 0.1) is 19.1 Å². The molecular weight excluding hydrogens is 428 g/mol. The fraction of sp³-hybridized carbons (Fsp3) is 0.609. The Kier molecular flexibility index (Phi) is 7.34. The zero-order valence-corrected chi connectivity index (χ0v) is 18.7. The molecule has 1 saturated carbocycles. The number of alkyl carbamates (subject to hydrolysis) is 1. The molecule has 3 fully saturated rings. The first kappa shape index (κ1) is 23.3. The highest BCUT2D eigenvalue weighted by molar-refractivity contribution is 5.96. The van der Waals surface area contributed by atoms with Crippen LogP contribution in [-0.2, 0) is 19.1 Å². The van der Waals surface area contributed by atoms with Gasteiger partial charge in [-0.1, -0.05) is 24.6 Å². The van der Waals surface area contributed by atoms with E-state index in [2.05, 4.69) is 10.2 Å². The number of para-hydroxylation sites is 1. The van der Waals surface area contributed by atoms with E-state index in [-0.39, 0.29) is 25.2 Å². The Morgan fingerprint density at radius 1 is 1.03 bits per heavy atom. The molecule has 33 heavy (non-hydrogen) atoms. The van der Waals surface area contributed by atoms with Crippen LogP contribution in [0.1, 0.15) is 32.1 Å². The summed E-state index contributed by atoms with van der Waals surface area (Å²) in [6.45, 7) is 2.01. The summed E-state index contributed by atoms with van der Waals surface area (Å²) in [6.07, 6.45) is 3.64. The molecule has 4 rings (SSSR count). The average molecular weight is 461 g/mol. The number of carbonyl (C=O) groups excluding carboxylic acids is 3. The van der Waals surface area contributed by atoms with Gasteiger partial charge in [0.1, 0.15) is 6.10 Å². The van der Waals surface area contributed by atoms with Crippen molar-refractivity contribution in [2.45, 2.75) is 43.7 Å². The van der Waals surface area contributed by atoms with Crippen molar-refractivity contribution in [3.05, 3.63) is 30.3 Å². The molecule has 180 valence electrons. The lowest BCUT2D eigenvalue weighted by Crippen LogP contribution is -2.66. The van der Waals surface area contributed by atoms with Crippen LogP contribution < -0.4 is 15.7 Å². The number of hydrogen-bond donors (Lipinski definition) is 3. The Hall–Kier alpha value is -2.85. The SMILES string of the molecule is O=C(N[C@]1(C(=O)NO)COC[C@H]1C(=O)N1CCN(c2ccccc2)CC1)OC1CCCCC1. The van der Waals surface area contributed by atoms with E-state index in [1.54, 1.807) is 10.4 Å². The summed E-state index contributed by atoms with van der Waals surface area (Å²) in [5, 5.41) is 12.0. The van der Waals surface area contributed by atoms with E-state index >= 15 is 0 Å².